The lowest BCUT2D eigenvalue weighted by Crippen LogP contribution is -2.15. The van der Waals surface area contributed by atoms with Crippen LogP contribution in [0.3, 0.4) is 0 Å². The molecular weight excluding hydrogens is 263 g/mol. The Labute approximate surface area is 115 Å². The number of hydrogen-bond donors (Lipinski definition) is 2. The first kappa shape index (κ1) is 13.2. The SMILES string of the molecule is NC(=S)c1cc(NC(=O)c2ccccc2)ccc1F. The summed E-state index contributed by atoms with van der Waals surface area (Å²) in [6.45, 7) is 0. The van der Waals surface area contributed by atoms with Crippen LogP contribution in [-0.2, 0) is 0 Å². The van der Waals surface area contributed by atoms with Crippen LogP contribution in [0.2, 0.25) is 0 Å². The number of thiocarbonyl (C=S) groups is 1. The van der Waals surface area contributed by atoms with E-state index in [-0.39, 0.29) is 16.5 Å². The minimum Gasteiger partial charge on any atom is -0.389 e. The average Bonchev–Trinajstić information content (AvgIpc) is 2.41. The average molecular weight is 274 g/mol. The molecule has 2 aromatic rings. The predicted octanol–water partition coefficient (Wildman–Crippen LogP) is 2.71. The molecule has 0 bridgehead atoms. The second kappa shape index (κ2) is 5.58. The first-order chi connectivity index (χ1) is 9.08. The number of anilines is 1. The Kier molecular flexibility index (Phi) is 3.87. The van der Waals surface area contributed by atoms with Crippen LogP contribution in [0.1, 0.15) is 15.9 Å². The van der Waals surface area contributed by atoms with Crippen molar-refractivity contribution in [3.05, 3.63) is 65.5 Å². The molecule has 0 aliphatic rings. The topological polar surface area (TPSA) is 55.1 Å². The summed E-state index contributed by atoms with van der Waals surface area (Å²) in [4.78, 5) is 11.9. The number of nitrogens with one attached hydrogen (secondary N) is 1. The third kappa shape index (κ3) is 3.14. The molecular formula is C14H11FN2OS. The van der Waals surface area contributed by atoms with E-state index in [1.54, 1.807) is 24.3 Å². The van der Waals surface area contributed by atoms with Gasteiger partial charge in [0, 0.05) is 16.8 Å². The molecule has 3 nitrogen and oxygen atoms in total. The summed E-state index contributed by atoms with van der Waals surface area (Å²) in [5.41, 5.74) is 6.48. The van der Waals surface area contributed by atoms with Crippen LogP contribution in [0.4, 0.5) is 10.1 Å². The van der Waals surface area contributed by atoms with Crippen molar-refractivity contribution in [1.29, 1.82) is 0 Å². The number of halogens is 1. The molecule has 0 fully saturated rings. The maximum Gasteiger partial charge on any atom is 0.255 e. The van der Waals surface area contributed by atoms with Crippen molar-refractivity contribution < 1.29 is 9.18 Å². The van der Waals surface area contributed by atoms with Gasteiger partial charge in [0.1, 0.15) is 10.8 Å². The van der Waals surface area contributed by atoms with E-state index in [1.165, 1.54) is 18.2 Å². The molecule has 0 unspecified atom stereocenters. The predicted molar refractivity (Wildman–Crippen MR) is 76.7 cm³/mol. The highest BCUT2D eigenvalue weighted by Crippen LogP contribution is 2.15. The summed E-state index contributed by atoms with van der Waals surface area (Å²) in [7, 11) is 0. The van der Waals surface area contributed by atoms with E-state index >= 15 is 0 Å². The van der Waals surface area contributed by atoms with Crippen molar-refractivity contribution in [2.45, 2.75) is 0 Å². The number of hydrogen-bond acceptors (Lipinski definition) is 2. The van der Waals surface area contributed by atoms with Gasteiger partial charge < -0.3 is 11.1 Å². The largest absolute Gasteiger partial charge is 0.389 e. The Morgan fingerprint density at radius 3 is 2.47 bits per heavy atom. The standard InChI is InChI=1S/C14H11FN2OS/c15-12-7-6-10(8-11(12)13(16)19)17-14(18)9-4-2-1-3-5-9/h1-8H,(H2,16,19)(H,17,18). The molecule has 0 saturated heterocycles. The van der Waals surface area contributed by atoms with E-state index in [4.69, 9.17) is 18.0 Å². The van der Waals surface area contributed by atoms with Crippen molar-refractivity contribution in [3.63, 3.8) is 0 Å². The fraction of sp³-hybridized carbons (Fsp3) is 0. The Morgan fingerprint density at radius 2 is 1.84 bits per heavy atom. The van der Waals surface area contributed by atoms with E-state index in [9.17, 15) is 9.18 Å². The van der Waals surface area contributed by atoms with Crippen molar-refractivity contribution in [2.24, 2.45) is 5.73 Å². The number of nitrogens with two attached hydrogens (primary N) is 1. The molecule has 0 aliphatic carbocycles. The molecule has 19 heavy (non-hydrogen) atoms. The summed E-state index contributed by atoms with van der Waals surface area (Å²) in [5.74, 6) is -0.786. The van der Waals surface area contributed by atoms with Crippen molar-refractivity contribution >= 4 is 28.8 Å². The van der Waals surface area contributed by atoms with E-state index in [1.807, 2.05) is 6.07 Å². The van der Waals surface area contributed by atoms with Crippen molar-refractivity contribution in [1.82, 2.24) is 0 Å². The minimum absolute atomic E-state index is 0.0479. The minimum atomic E-state index is -0.509. The van der Waals surface area contributed by atoms with Gasteiger partial charge in [0.25, 0.3) is 5.91 Å². The van der Waals surface area contributed by atoms with Gasteiger partial charge in [-0.3, -0.25) is 4.79 Å². The Morgan fingerprint density at radius 1 is 1.16 bits per heavy atom. The molecule has 0 spiro atoms. The molecule has 0 saturated carbocycles. The number of carbonyl (C=O) groups excluding carboxylic acids is 1. The summed E-state index contributed by atoms with van der Waals surface area (Å²) in [5, 5.41) is 2.66. The first-order valence-corrected chi connectivity index (χ1v) is 5.94. The lowest BCUT2D eigenvalue weighted by molar-refractivity contribution is 0.102. The van der Waals surface area contributed by atoms with Gasteiger partial charge in [0.2, 0.25) is 0 Å². The van der Waals surface area contributed by atoms with Gasteiger partial charge in [-0.05, 0) is 30.3 Å². The third-order valence-corrected chi connectivity index (χ3v) is 2.75. The van der Waals surface area contributed by atoms with Crippen LogP contribution >= 0.6 is 12.2 Å². The zero-order valence-electron chi connectivity index (χ0n) is 9.89. The normalized spacial score (nSPS) is 9.95. The number of carbonyl (C=O) groups is 1. The lowest BCUT2D eigenvalue weighted by atomic mass is 10.1. The van der Waals surface area contributed by atoms with E-state index < -0.39 is 5.82 Å². The van der Waals surface area contributed by atoms with Crippen LogP contribution in [0.25, 0.3) is 0 Å². The highest BCUT2D eigenvalue weighted by Gasteiger charge is 2.09. The van der Waals surface area contributed by atoms with Gasteiger partial charge in [-0.25, -0.2) is 4.39 Å². The summed E-state index contributed by atoms with van der Waals surface area (Å²) >= 11 is 4.74. The van der Waals surface area contributed by atoms with Gasteiger partial charge >= 0.3 is 0 Å². The van der Waals surface area contributed by atoms with Gasteiger partial charge in [-0.2, -0.15) is 0 Å². The fourth-order valence-electron chi connectivity index (χ4n) is 1.58. The summed E-state index contributed by atoms with van der Waals surface area (Å²) in [6.07, 6.45) is 0. The maximum absolute atomic E-state index is 13.4. The molecule has 0 aromatic heterocycles. The van der Waals surface area contributed by atoms with E-state index in [0.717, 1.165) is 0 Å². The van der Waals surface area contributed by atoms with Crippen LogP contribution < -0.4 is 11.1 Å². The molecule has 5 heteroatoms. The zero-order chi connectivity index (χ0) is 13.8. The smallest absolute Gasteiger partial charge is 0.255 e. The van der Waals surface area contributed by atoms with Gasteiger partial charge in [-0.1, -0.05) is 30.4 Å². The number of benzene rings is 2. The van der Waals surface area contributed by atoms with E-state index in [0.29, 0.717) is 11.3 Å². The first-order valence-electron chi connectivity index (χ1n) is 5.53. The molecule has 0 atom stereocenters. The molecule has 0 heterocycles. The second-order valence-corrected chi connectivity index (χ2v) is 4.32. The lowest BCUT2D eigenvalue weighted by Gasteiger charge is -2.07. The summed E-state index contributed by atoms with van der Waals surface area (Å²) in [6, 6.07) is 12.8. The number of amides is 1. The Hall–Kier alpha value is -2.27. The molecule has 0 aliphatic heterocycles. The fourth-order valence-corrected chi connectivity index (χ4v) is 1.74. The zero-order valence-corrected chi connectivity index (χ0v) is 10.7. The molecule has 1 amide bonds. The number of rotatable bonds is 3. The molecule has 3 N–H and O–H groups in total. The quantitative estimate of drug-likeness (QED) is 0.846. The van der Waals surface area contributed by atoms with Gasteiger partial charge in [-0.15, -0.1) is 0 Å². The Bertz CT molecular complexity index is 629. The third-order valence-electron chi connectivity index (χ3n) is 2.53. The van der Waals surface area contributed by atoms with Crippen LogP contribution in [0.15, 0.2) is 48.5 Å². The Balaban J connectivity index is 2.23. The van der Waals surface area contributed by atoms with Crippen molar-refractivity contribution in [3.8, 4) is 0 Å². The molecule has 96 valence electrons. The van der Waals surface area contributed by atoms with E-state index in [2.05, 4.69) is 5.32 Å². The second-order valence-electron chi connectivity index (χ2n) is 3.88. The van der Waals surface area contributed by atoms with Crippen LogP contribution in [-0.4, -0.2) is 10.9 Å². The maximum atomic E-state index is 13.4. The highest BCUT2D eigenvalue weighted by atomic mass is 32.1. The molecule has 2 rings (SSSR count). The van der Waals surface area contributed by atoms with Crippen LogP contribution in [0, 0.1) is 5.82 Å². The monoisotopic (exact) mass is 274 g/mol. The van der Waals surface area contributed by atoms with Gasteiger partial charge in [0.05, 0.1) is 0 Å². The molecule has 2 aromatic carbocycles. The highest BCUT2D eigenvalue weighted by molar-refractivity contribution is 7.80. The summed E-state index contributed by atoms with van der Waals surface area (Å²) < 4.78 is 13.4. The van der Waals surface area contributed by atoms with Crippen LogP contribution in [0.5, 0.6) is 0 Å². The molecule has 0 radical (unpaired) electrons. The van der Waals surface area contributed by atoms with Crippen molar-refractivity contribution in [2.75, 3.05) is 5.32 Å². The van der Waals surface area contributed by atoms with Gasteiger partial charge in [0.15, 0.2) is 0 Å².